The van der Waals surface area contributed by atoms with Crippen LogP contribution in [-0.4, -0.2) is 29.6 Å². The lowest BCUT2D eigenvalue weighted by atomic mass is 9.88. The van der Waals surface area contributed by atoms with Crippen molar-refractivity contribution in [2.24, 2.45) is 5.92 Å². The number of carbonyl (C=O) groups is 1. The Morgan fingerprint density at radius 3 is 2.67 bits per heavy atom. The molecule has 18 heavy (non-hydrogen) atoms. The monoisotopic (exact) mass is 243 g/mol. The quantitative estimate of drug-likeness (QED) is 0.811. The Bertz CT molecular complexity index is 472. The van der Waals surface area contributed by atoms with E-state index >= 15 is 0 Å². The summed E-state index contributed by atoms with van der Waals surface area (Å²) in [7, 11) is 2.09. The Hall–Kier alpha value is -1.79. The van der Waals surface area contributed by atoms with Gasteiger partial charge in [-0.15, -0.1) is 12.3 Å². The van der Waals surface area contributed by atoms with Crippen molar-refractivity contribution < 1.29 is 9.90 Å². The van der Waals surface area contributed by atoms with Crippen molar-refractivity contribution in [1.82, 2.24) is 4.90 Å². The first-order valence-corrected chi connectivity index (χ1v) is 6.11. The van der Waals surface area contributed by atoms with E-state index in [1.54, 1.807) is 12.1 Å². The van der Waals surface area contributed by atoms with Gasteiger partial charge in [0.25, 0.3) is 0 Å². The molecule has 1 fully saturated rings. The van der Waals surface area contributed by atoms with Gasteiger partial charge in [0.2, 0.25) is 0 Å². The van der Waals surface area contributed by atoms with Crippen LogP contribution < -0.4 is 0 Å². The summed E-state index contributed by atoms with van der Waals surface area (Å²) in [4.78, 5) is 13.1. The third kappa shape index (κ3) is 2.55. The summed E-state index contributed by atoms with van der Waals surface area (Å²) in [6.45, 7) is 0.986. The van der Waals surface area contributed by atoms with Crippen molar-refractivity contribution in [3.8, 4) is 12.3 Å². The Morgan fingerprint density at radius 2 is 2.11 bits per heavy atom. The van der Waals surface area contributed by atoms with Crippen molar-refractivity contribution in [2.45, 2.75) is 18.9 Å². The Labute approximate surface area is 107 Å². The second-order valence-corrected chi connectivity index (χ2v) is 4.81. The van der Waals surface area contributed by atoms with E-state index in [4.69, 9.17) is 11.5 Å². The summed E-state index contributed by atoms with van der Waals surface area (Å²) in [5.74, 6) is 2.27. The van der Waals surface area contributed by atoms with Gasteiger partial charge in [0.1, 0.15) is 0 Å². The fourth-order valence-electron chi connectivity index (χ4n) is 2.47. The van der Waals surface area contributed by atoms with E-state index in [1.165, 1.54) is 0 Å². The van der Waals surface area contributed by atoms with Crippen LogP contribution in [0.3, 0.4) is 0 Å². The first-order chi connectivity index (χ1) is 8.61. The minimum Gasteiger partial charge on any atom is -0.478 e. The summed E-state index contributed by atoms with van der Waals surface area (Å²) in [6.07, 6.45) is 7.49. The molecule has 1 aliphatic rings. The molecular formula is C15H17NO2. The maximum absolute atomic E-state index is 10.8. The van der Waals surface area contributed by atoms with Gasteiger partial charge < -0.3 is 5.11 Å². The molecular weight excluding hydrogens is 226 g/mol. The van der Waals surface area contributed by atoms with Gasteiger partial charge in [0, 0.05) is 12.0 Å². The standard InChI is InChI=1S/C15H17NO2/c1-3-11-8-9-16(2)14(10-11)12-4-6-13(7-5-12)15(17)18/h1,4-7,11,14H,8-10H2,2H3,(H,17,18)/t11?,14-/m0/s1. The molecule has 1 heterocycles. The number of likely N-dealkylation sites (tertiary alicyclic amines) is 1. The van der Waals surface area contributed by atoms with E-state index in [-0.39, 0.29) is 0 Å². The second-order valence-electron chi connectivity index (χ2n) is 4.81. The highest BCUT2D eigenvalue weighted by Gasteiger charge is 2.26. The molecule has 2 atom stereocenters. The number of carboxylic acids is 1. The zero-order valence-corrected chi connectivity index (χ0v) is 10.5. The van der Waals surface area contributed by atoms with E-state index < -0.39 is 5.97 Å². The van der Waals surface area contributed by atoms with Crippen molar-refractivity contribution in [2.75, 3.05) is 13.6 Å². The van der Waals surface area contributed by atoms with Crippen LogP contribution in [0.15, 0.2) is 24.3 Å². The third-order valence-corrected chi connectivity index (χ3v) is 3.65. The zero-order chi connectivity index (χ0) is 13.1. The van der Waals surface area contributed by atoms with Crippen LogP contribution in [0, 0.1) is 18.3 Å². The molecule has 0 aliphatic carbocycles. The van der Waals surface area contributed by atoms with E-state index in [0.29, 0.717) is 17.5 Å². The second kappa shape index (κ2) is 5.24. The minimum absolute atomic E-state index is 0.294. The number of carboxylic acid groups (broad SMARTS) is 1. The van der Waals surface area contributed by atoms with Gasteiger partial charge in [-0.2, -0.15) is 0 Å². The van der Waals surface area contributed by atoms with Gasteiger partial charge >= 0.3 is 5.97 Å². The number of benzene rings is 1. The fourth-order valence-corrected chi connectivity index (χ4v) is 2.47. The lowest BCUT2D eigenvalue weighted by Gasteiger charge is -2.35. The average Bonchev–Trinajstić information content (AvgIpc) is 2.39. The lowest BCUT2D eigenvalue weighted by molar-refractivity contribution is 0.0697. The summed E-state index contributed by atoms with van der Waals surface area (Å²) in [5, 5.41) is 8.88. The molecule has 0 amide bonds. The maximum Gasteiger partial charge on any atom is 0.335 e. The molecule has 0 aromatic heterocycles. The number of terminal acetylenes is 1. The molecule has 2 rings (SSSR count). The number of hydrogen-bond acceptors (Lipinski definition) is 2. The molecule has 1 saturated heterocycles. The summed E-state index contributed by atoms with van der Waals surface area (Å²) >= 11 is 0. The minimum atomic E-state index is -0.889. The number of piperidine rings is 1. The molecule has 1 aliphatic heterocycles. The first kappa shape index (κ1) is 12.7. The Kier molecular flexibility index (Phi) is 3.69. The molecule has 1 aromatic carbocycles. The number of hydrogen-bond donors (Lipinski definition) is 1. The molecule has 1 unspecified atom stereocenters. The van der Waals surface area contributed by atoms with Gasteiger partial charge in [-0.3, -0.25) is 4.90 Å². The molecule has 3 heteroatoms. The van der Waals surface area contributed by atoms with Crippen LogP contribution in [0.5, 0.6) is 0 Å². The van der Waals surface area contributed by atoms with Gasteiger partial charge in [0.15, 0.2) is 0 Å². The molecule has 1 N–H and O–H groups in total. The molecule has 0 radical (unpaired) electrons. The third-order valence-electron chi connectivity index (χ3n) is 3.65. The Morgan fingerprint density at radius 1 is 1.44 bits per heavy atom. The number of aromatic carboxylic acids is 1. The summed E-state index contributed by atoms with van der Waals surface area (Å²) in [6, 6.07) is 7.39. The number of rotatable bonds is 2. The van der Waals surface area contributed by atoms with Crippen molar-refractivity contribution in [1.29, 1.82) is 0 Å². The fraction of sp³-hybridized carbons (Fsp3) is 0.400. The van der Waals surface area contributed by atoms with Crippen LogP contribution in [0.4, 0.5) is 0 Å². The molecule has 94 valence electrons. The molecule has 0 bridgehead atoms. The first-order valence-electron chi connectivity index (χ1n) is 6.11. The van der Waals surface area contributed by atoms with E-state index in [0.717, 1.165) is 24.9 Å². The van der Waals surface area contributed by atoms with E-state index in [9.17, 15) is 4.79 Å². The van der Waals surface area contributed by atoms with E-state index in [1.807, 2.05) is 12.1 Å². The summed E-state index contributed by atoms with van der Waals surface area (Å²) in [5.41, 5.74) is 1.47. The van der Waals surface area contributed by atoms with Crippen LogP contribution in [0.1, 0.15) is 34.8 Å². The predicted octanol–water partition coefficient (Wildman–Crippen LogP) is 2.40. The average molecular weight is 243 g/mol. The van der Waals surface area contributed by atoms with Gasteiger partial charge in [-0.1, -0.05) is 12.1 Å². The van der Waals surface area contributed by atoms with Crippen molar-refractivity contribution in [3.05, 3.63) is 35.4 Å². The largest absolute Gasteiger partial charge is 0.478 e. The Balaban J connectivity index is 2.19. The van der Waals surface area contributed by atoms with Crippen molar-refractivity contribution in [3.63, 3.8) is 0 Å². The molecule has 1 aromatic rings. The van der Waals surface area contributed by atoms with Crippen LogP contribution in [0.2, 0.25) is 0 Å². The maximum atomic E-state index is 10.8. The van der Waals surface area contributed by atoms with Crippen molar-refractivity contribution >= 4 is 5.97 Å². The predicted molar refractivity (Wildman–Crippen MR) is 70.3 cm³/mol. The SMILES string of the molecule is C#CC1CCN(C)[C@H](c2ccc(C(=O)O)cc2)C1. The van der Waals surface area contributed by atoms with Crippen LogP contribution >= 0.6 is 0 Å². The highest BCUT2D eigenvalue weighted by molar-refractivity contribution is 5.87. The smallest absolute Gasteiger partial charge is 0.335 e. The number of nitrogens with zero attached hydrogens (tertiary/aromatic N) is 1. The molecule has 0 saturated carbocycles. The van der Waals surface area contributed by atoms with Crippen LogP contribution in [-0.2, 0) is 0 Å². The highest BCUT2D eigenvalue weighted by atomic mass is 16.4. The van der Waals surface area contributed by atoms with Gasteiger partial charge in [0.05, 0.1) is 5.56 Å². The zero-order valence-electron chi connectivity index (χ0n) is 10.5. The highest BCUT2D eigenvalue weighted by Crippen LogP contribution is 2.32. The summed E-state index contributed by atoms with van der Waals surface area (Å²) < 4.78 is 0. The van der Waals surface area contributed by atoms with Gasteiger partial charge in [-0.25, -0.2) is 4.79 Å². The van der Waals surface area contributed by atoms with Gasteiger partial charge in [-0.05, 0) is 44.1 Å². The molecule has 0 spiro atoms. The van der Waals surface area contributed by atoms with E-state index in [2.05, 4.69) is 17.9 Å². The van der Waals surface area contributed by atoms with Crippen LogP contribution in [0.25, 0.3) is 0 Å². The molecule has 3 nitrogen and oxygen atoms in total. The lowest BCUT2D eigenvalue weighted by Crippen LogP contribution is -2.33. The topological polar surface area (TPSA) is 40.5 Å². The normalized spacial score (nSPS) is 24.4.